The Labute approximate surface area is 173 Å². The molecule has 0 bridgehead atoms. The second-order valence-electron chi connectivity index (χ2n) is 6.82. The van der Waals surface area contributed by atoms with Crippen molar-refractivity contribution >= 4 is 17.6 Å². The van der Waals surface area contributed by atoms with Gasteiger partial charge in [0.05, 0.1) is 0 Å². The quantitative estimate of drug-likeness (QED) is 0.488. The highest BCUT2D eigenvalue weighted by Crippen LogP contribution is 2.25. The Morgan fingerprint density at radius 2 is 2.24 bits per heavy atom. The molecule has 2 aromatic heterocycles. The van der Waals surface area contributed by atoms with Crippen molar-refractivity contribution < 1.29 is 4.52 Å². The van der Waals surface area contributed by atoms with Gasteiger partial charge in [0.1, 0.15) is 18.7 Å². The number of rotatable bonds is 5. The van der Waals surface area contributed by atoms with E-state index in [-0.39, 0.29) is 0 Å². The van der Waals surface area contributed by atoms with Crippen molar-refractivity contribution in [3.8, 4) is 11.4 Å². The number of nitrogens with zero attached hydrogens (tertiary/aromatic N) is 6. The fourth-order valence-corrected chi connectivity index (χ4v) is 3.60. The van der Waals surface area contributed by atoms with Crippen LogP contribution in [0.25, 0.3) is 11.4 Å². The van der Waals surface area contributed by atoms with Crippen LogP contribution in [0.15, 0.2) is 40.1 Å². The molecule has 0 spiro atoms. The third-order valence-electron chi connectivity index (χ3n) is 4.86. The first kappa shape index (κ1) is 19.4. The maximum absolute atomic E-state index is 6.04. The van der Waals surface area contributed by atoms with Crippen LogP contribution in [0.1, 0.15) is 37.4 Å². The van der Waals surface area contributed by atoms with Crippen LogP contribution in [0.3, 0.4) is 0 Å². The van der Waals surface area contributed by atoms with E-state index in [2.05, 4.69) is 42.5 Å². The summed E-state index contributed by atoms with van der Waals surface area (Å²) in [6.07, 6.45) is 3.56. The predicted molar refractivity (Wildman–Crippen MR) is 109 cm³/mol. The second kappa shape index (κ2) is 9.04. The first-order valence-electron chi connectivity index (χ1n) is 9.70. The van der Waals surface area contributed by atoms with Crippen molar-refractivity contribution in [3.05, 3.63) is 47.3 Å². The van der Waals surface area contributed by atoms with Crippen LogP contribution in [-0.2, 0) is 6.54 Å². The molecule has 29 heavy (non-hydrogen) atoms. The molecule has 0 radical (unpaired) electrons. The maximum atomic E-state index is 6.04. The van der Waals surface area contributed by atoms with Gasteiger partial charge in [-0.05, 0) is 31.9 Å². The highest BCUT2D eigenvalue weighted by Gasteiger charge is 2.24. The van der Waals surface area contributed by atoms with E-state index in [1.165, 1.54) is 0 Å². The predicted octanol–water partition coefficient (Wildman–Crippen LogP) is 2.85. The zero-order valence-corrected chi connectivity index (χ0v) is 16.9. The second-order valence-corrected chi connectivity index (χ2v) is 7.26. The van der Waals surface area contributed by atoms with Crippen LogP contribution in [-0.4, -0.2) is 55.8 Å². The van der Waals surface area contributed by atoms with Gasteiger partial charge in [-0.2, -0.15) is 10.1 Å². The van der Waals surface area contributed by atoms with Crippen molar-refractivity contribution in [2.24, 2.45) is 4.99 Å². The van der Waals surface area contributed by atoms with Crippen molar-refractivity contribution in [2.75, 3.05) is 19.6 Å². The number of benzene rings is 1. The largest absolute Gasteiger partial charge is 0.357 e. The number of hydrogen-bond donors (Lipinski definition) is 2. The summed E-state index contributed by atoms with van der Waals surface area (Å²) in [4.78, 5) is 15.7. The van der Waals surface area contributed by atoms with Crippen molar-refractivity contribution in [2.45, 2.75) is 32.2 Å². The molecule has 152 valence electrons. The number of aromatic amines is 1. The van der Waals surface area contributed by atoms with Gasteiger partial charge in [0, 0.05) is 36.1 Å². The normalized spacial score (nSPS) is 15.7. The van der Waals surface area contributed by atoms with Gasteiger partial charge in [0.25, 0.3) is 0 Å². The Morgan fingerprint density at radius 1 is 1.38 bits per heavy atom. The van der Waals surface area contributed by atoms with E-state index in [0.29, 0.717) is 29.2 Å². The molecule has 0 atom stereocenters. The lowest BCUT2D eigenvalue weighted by Gasteiger charge is -2.33. The molecular formula is C19H23ClN8O. The molecule has 3 aromatic rings. The Hall–Kier alpha value is -2.94. The smallest absolute Gasteiger partial charge is 0.248 e. The molecule has 1 saturated heterocycles. The van der Waals surface area contributed by atoms with Crippen LogP contribution >= 0.6 is 11.6 Å². The molecule has 1 aromatic carbocycles. The van der Waals surface area contributed by atoms with Gasteiger partial charge < -0.3 is 14.7 Å². The molecule has 2 N–H and O–H groups in total. The monoisotopic (exact) mass is 414 g/mol. The number of nitrogens with one attached hydrogen (secondary N) is 2. The molecule has 0 saturated carbocycles. The third-order valence-corrected chi connectivity index (χ3v) is 5.10. The van der Waals surface area contributed by atoms with Crippen LogP contribution in [0.2, 0.25) is 5.02 Å². The minimum absolute atomic E-state index is 0.317. The van der Waals surface area contributed by atoms with Gasteiger partial charge in [-0.25, -0.2) is 9.98 Å². The zero-order chi connectivity index (χ0) is 20.1. The fourth-order valence-electron chi connectivity index (χ4n) is 3.41. The fraction of sp³-hybridized carbons (Fsp3) is 0.421. The van der Waals surface area contributed by atoms with Gasteiger partial charge in [-0.1, -0.05) is 28.9 Å². The van der Waals surface area contributed by atoms with Crippen LogP contribution in [0.4, 0.5) is 0 Å². The molecule has 0 aliphatic carbocycles. The number of aliphatic imine (C=N–C) groups is 1. The van der Waals surface area contributed by atoms with Crippen LogP contribution in [0, 0.1) is 0 Å². The number of piperidine rings is 1. The van der Waals surface area contributed by atoms with Crippen molar-refractivity contribution in [1.29, 1.82) is 0 Å². The molecule has 9 nitrogen and oxygen atoms in total. The average Bonchev–Trinajstić information content (AvgIpc) is 3.44. The summed E-state index contributed by atoms with van der Waals surface area (Å²) in [6, 6.07) is 7.37. The van der Waals surface area contributed by atoms with Crippen LogP contribution < -0.4 is 5.32 Å². The number of aromatic nitrogens is 5. The van der Waals surface area contributed by atoms with Gasteiger partial charge in [0.2, 0.25) is 11.7 Å². The number of halogens is 1. The summed E-state index contributed by atoms with van der Waals surface area (Å²) in [5, 5.41) is 15.0. The molecule has 1 aliphatic rings. The van der Waals surface area contributed by atoms with Crippen LogP contribution in [0.5, 0.6) is 0 Å². The molecule has 4 rings (SSSR count). The molecule has 1 fully saturated rings. The van der Waals surface area contributed by atoms with E-state index in [0.717, 1.165) is 49.8 Å². The lowest BCUT2D eigenvalue weighted by Crippen LogP contribution is -2.45. The Balaban J connectivity index is 1.40. The van der Waals surface area contributed by atoms with E-state index in [1.54, 1.807) is 6.33 Å². The highest BCUT2D eigenvalue weighted by molar-refractivity contribution is 6.30. The summed E-state index contributed by atoms with van der Waals surface area (Å²) < 4.78 is 5.36. The molecule has 0 amide bonds. The molecular weight excluding hydrogens is 392 g/mol. The maximum Gasteiger partial charge on any atom is 0.248 e. The third kappa shape index (κ3) is 4.73. The van der Waals surface area contributed by atoms with E-state index in [9.17, 15) is 0 Å². The SMILES string of the molecule is CCNC(=NCc1nc(-c2cccc(Cl)c2)no1)N1CCC(c2ncn[nH]2)CC1. The first-order valence-corrected chi connectivity index (χ1v) is 10.1. The summed E-state index contributed by atoms with van der Waals surface area (Å²) in [7, 11) is 0. The summed E-state index contributed by atoms with van der Waals surface area (Å²) in [5.74, 6) is 3.20. The van der Waals surface area contributed by atoms with Gasteiger partial charge in [-0.15, -0.1) is 0 Å². The first-order chi connectivity index (χ1) is 14.2. The Kier molecular flexibility index (Phi) is 6.04. The summed E-state index contributed by atoms with van der Waals surface area (Å²) in [5.41, 5.74) is 0.817. The number of likely N-dealkylation sites (tertiary alicyclic amines) is 1. The summed E-state index contributed by atoms with van der Waals surface area (Å²) in [6.45, 7) is 4.96. The van der Waals surface area contributed by atoms with Gasteiger partial charge in [-0.3, -0.25) is 5.10 Å². The van der Waals surface area contributed by atoms with E-state index >= 15 is 0 Å². The number of H-pyrrole nitrogens is 1. The highest BCUT2D eigenvalue weighted by atomic mass is 35.5. The van der Waals surface area contributed by atoms with Crippen molar-refractivity contribution in [3.63, 3.8) is 0 Å². The molecule has 10 heteroatoms. The average molecular weight is 415 g/mol. The number of hydrogen-bond acceptors (Lipinski definition) is 6. The van der Waals surface area contributed by atoms with Gasteiger partial charge >= 0.3 is 0 Å². The van der Waals surface area contributed by atoms with E-state index in [1.807, 2.05) is 24.3 Å². The minimum atomic E-state index is 0.317. The zero-order valence-electron chi connectivity index (χ0n) is 16.2. The minimum Gasteiger partial charge on any atom is -0.357 e. The Morgan fingerprint density at radius 3 is 2.97 bits per heavy atom. The standard InChI is InChI=1S/C19H23ClN8O/c1-2-21-19(28-8-6-13(7-9-28)17-23-12-24-26-17)22-11-16-25-18(27-29-16)14-4-3-5-15(20)10-14/h3-5,10,12-13H,2,6-9,11H2,1H3,(H,21,22)(H,23,24,26). The van der Waals surface area contributed by atoms with Gasteiger partial charge in [0.15, 0.2) is 5.96 Å². The topological polar surface area (TPSA) is 108 Å². The lowest BCUT2D eigenvalue weighted by molar-refractivity contribution is 0.298. The summed E-state index contributed by atoms with van der Waals surface area (Å²) >= 11 is 6.04. The van der Waals surface area contributed by atoms with E-state index < -0.39 is 0 Å². The molecule has 3 heterocycles. The molecule has 1 aliphatic heterocycles. The van der Waals surface area contributed by atoms with E-state index in [4.69, 9.17) is 21.1 Å². The number of guanidine groups is 1. The lowest BCUT2D eigenvalue weighted by atomic mass is 9.96. The van der Waals surface area contributed by atoms with Crippen molar-refractivity contribution in [1.82, 2.24) is 35.5 Å². The Bertz CT molecular complexity index is 947. The molecule has 0 unspecified atom stereocenters.